The number of likely N-dealkylation sites (N-methyl/N-ethyl adjacent to an activating group) is 1. The fraction of sp³-hybridized carbons (Fsp3) is 0.200. The zero-order valence-corrected chi connectivity index (χ0v) is 16.9. The Balaban J connectivity index is 1.73. The molecule has 1 aromatic carbocycles. The number of hydrogen-bond acceptors (Lipinski definition) is 3. The SMILES string of the molecule is CCN1C(=S)N[C@@H](c2ccccn2)[C@H]1c1ccc(-c2ccc(Br)cc2F)o1. The minimum absolute atomic E-state index is 0.132. The molecule has 0 spiro atoms. The molecule has 3 heterocycles. The van der Waals surface area contributed by atoms with Crippen LogP contribution in [0.5, 0.6) is 0 Å². The lowest BCUT2D eigenvalue weighted by Crippen LogP contribution is -2.29. The van der Waals surface area contributed by atoms with E-state index < -0.39 is 0 Å². The summed E-state index contributed by atoms with van der Waals surface area (Å²) < 4.78 is 21.1. The first-order chi connectivity index (χ1) is 13.1. The van der Waals surface area contributed by atoms with Crippen molar-refractivity contribution in [2.24, 2.45) is 0 Å². The van der Waals surface area contributed by atoms with E-state index in [2.05, 4.69) is 31.1 Å². The van der Waals surface area contributed by atoms with E-state index >= 15 is 0 Å². The van der Waals surface area contributed by atoms with Crippen molar-refractivity contribution >= 4 is 33.3 Å². The first-order valence-corrected chi connectivity index (χ1v) is 9.82. The van der Waals surface area contributed by atoms with Gasteiger partial charge in [-0.1, -0.05) is 22.0 Å². The predicted molar refractivity (Wildman–Crippen MR) is 110 cm³/mol. The molecular weight excluding hydrogens is 429 g/mol. The van der Waals surface area contributed by atoms with E-state index in [1.54, 1.807) is 24.4 Å². The number of pyridine rings is 1. The number of rotatable bonds is 4. The first-order valence-electron chi connectivity index (χ1n) is 8.61. The molecule has 27 heavy (non-hydrogen) atoms. The average Bonchev–Trinajstić information content (AvgIpc) is 3.26. The topological polar surface area (TPSA) is 41.3 Å². The number of nitrogens with one attached hydrogen (secondary N) is 1. The third kappa shape index (κ3) is 3.37. The summed E-state index contributed by atoms with van der Waals surface area (Å²) in [4.78, 5) is 6.54. The number of hydrogen-bond donors (Lipinski definition) is 1. The fourth-order valence-electron chi connectivity index (χ4n) is 3.40. The van der Waals surface area contributed by atoms with Gasteiger partial charge in [0.1, 0.15) is 23.4 Å². The minimum Gasteiger partial charge on any atom is -0.459 e. The van der Waals surface area contributed by atoms with Gasteiger partial charge in [0.2, 0.25) is 0 Å². The van der Waals surface area contributed by atoms with Gasteiger partial charge in [-0.05, 0) is 61.6 Å². The molecule has 0 amide bonds. The summed E-state index contributed by atoms with van der Waals surface area (Å²) in [5.41, 5.74) is 1.31. The molecule has 1 aliphatic heterocycles. The molecule has 2 aromatic heterocycles. The zero-order chi connectivity index (χ0) is 19.0. The van der Waals surface area contributed by atoms with E-state index in [4.69, 9.17) is 16.6 Å². The number of halogens is 2. The summed E-state index contributed by atoms with van der Waals surface area (Å²) in [5.74, 6) is 0.875. The number of benzene rings is 1. The van der Waals surface area contributed by atoms with Crippen molar-refractivity contribution in [1.82, 2.24) is 15.2 Å². The van der Waals surface area contributed by atoms with Gasteiger partial charge in [0.15, 0.2) is 5.11 Å². The van der Waals surface area contributed by atoms with Gasteiger partial charge in [-0.25, -0.2) is 4.39 Å². The Bertz CT molecular complexity index is 978. The van der Waals surface area contributed by atoms with E-state index in [0.717, 1.165) is 18.0 Å². The highest BCUT2D eigenvalue weighted by molar-refractivity contribution is 9.10. The monoisotopic (exact) mass is 445 g/mol. The Morgan fingerprint density at radius 2 is 2.11 bits per heavy atom. The van der Waals surface area contributed by atoms with Crippen molar-refractivity contribution in [3.8, 4) is 11.3 Å². The second-order valence-corrected chi connectivity index (χ2v) is 7.54. The largest absolute Gasteiger partial charge is 0.459 e. The average molecular weight is 446 g/mol. The summed E-state index contributed by atoms with van der Waals surface area (Å²) in [6.07, 6.45) is 1.76. The van der Waals surface area contributed by atoms with Crippen LogP contribution < -0.4 is 5.32 Å². The van der Waals surface area contributed by atoms with Crippen molar-refractivity contribution in [2.45, 2.75) is 19.0 Å². The summed E-state index contributed by atoms with van der Waals surface area (Å²) in [6, 6.07) is 14.1. The van der Waals surface area contributed by atoms with Gasteiger partial charge in [0, 0.05) is 17.2 Å². The molecule has 4 nitrogen and oxygen atoms in total. The zero-order valence-electron chi connectivity index (χ0n) is 14.5. The smallest absolute Gasteiger partial charge is 0.170 e. The maximum absolute atomic E-state index is 14.3. The summed E-state index contributed by atoms with van der Waals surface area (Å²) in [7, 11) is 0. The summed E-state index contributed by atoms with van der Waals surface area (Å²) in [5, 5.41) is 4.00. The molecule has 7 heteroatoms. The Kier molecular flexibility index (Phi) is 4.97. The minimum atomic E-state index is -0.334. The van der Waals surface area contributed by atoms with Crippen LogP contribution in [0.1, 0.15) is 30.5 Å². The van der Waals surface area contributed by atoms with Crippen molar-refractivity contribution in [3.63, 3.8) is 0 Å². The van der Waals surface area contributed by atoms with Gasteiger partial charge in [-0.15, -0.1) is 0 Å². The van der Waals surface area contributed by atoms with Gasteiger partial charge in [-0.2, -0.15) is 0 Å². The molecule has 2 atom stereocenters. The maximum atomic E-state index is 14.3. The van der Waals surface area contributed by atoms with Gasteiger partial charge >= 0.3 is 0 Å². The molecule has 0 aliphatic carbocycles. The van der Waals surface area contributed by atoms with E-state index in [-0.39, 0.29) is 17.9 Å². The molecule has 138 valence electrons. The Morgan fingerprint density at radius 3 is 2.81 bits per heavy atom. The van der Waals surface area contributed by atoms with E-state index in [9.17, 15) is 4.39 Å². The number of furan rings is 1. The molecular formula is C20H17BrFN3OS. The van der Waals surface area contributed by atoms with Crippen LogP contribution in [0.2, 0.25) is 0 Å². The summed E-state index contributed by atoms with van der Waals surface area (Å²) in [6.45, 7) is 2.77. The first kappa shape index (κ1) is 18.1. The Morgan fingerprint density at radius 1 is 1.26 bits per heavy atom. The number of nitrogens with zero attached hydrogens (tertiary/aromatic N) is 2. The standard InChI is InChI=1S/C20H17BrFN3OS/c1-2-25-19(18(24-20(25)27)15-5-3-4-10-23-15)17-9-8-16(26-17)13-7-6-12(21)11-14(13)22/h3-11,18-19H,2H2,1H3,(H,24,27)/t18-,19+/m0/s1. The van der Waals surface area contributed by atoms with Crippen LogP contribution >= 0.6 is 28.1 Å². The second-order valence-electron chi connectivity index (χ2n) is 6.24. The molecule has 1 fully saturated rings. The van der Waals surface area contributed by atoms with E-state index in [1.807, 2.05) is 31.2 Å². The highest BCUT2D eigenvalue weighted by Crippen LogP contribution is 2.40. The molecule has 0 unspecified atom stereocenters. The van der Waals surface area contributed by atoms with Gasteiger partial charge in [0.25, 0.3) is 0 Å². The molecule has 1 saturated heterocycles. The van der Waals surface area contributed by atoms with E-state index in [1.165, 1.54) is 6.07 Å². The quantitative estimate of drug-likeness (QED) is 0.556. The summed E-state index contributed by atoms with van der Waals surface area (Å²) >= 11 is 8.79. The predicted octanol–water partition coefficient (Wildman–Crippen LogP) is 5.24. The lowest BCUT2D eigenvalue weighted by Gasteiger charge is -2.24. The number of aromatic nitrogens is 1. The molecule has 0 saturated carbocycles. The lowest BCUT2D eigenvalue weighted by molar-refractivity contribution is 0.284. The van der Waals surface area contributed by atoms with Crippen LogP contribution in [0.4, 0.5) is 4.39 Å². The van der Waals surface area contributed by atoms with Crippen LogP contribution in [0.15, 0.2) is 63.6 Å². The van der Waals surface area contributed by atoms with Gasteiger partial charge < -0.3 is 14.6 Å². The lowest BCUT2D eigenvalue weighted by atomic mass is 10.0. The third-order valence-electron chi connectivity index (χ3n) is 4.65. The van der Waals surface area contributed by atoms with Crippen LogP contribution in [0.3, 0.4) is 0 Å². The van der Waals surface area contributed by atoms with Crippen molar-refractivity contribution in [3.05, 3.63) is 76.5 Å². The van der Waals surface area contributed by atoms with Crippen molar-refractivity contribution < 1.29 is 8.81 Å². The number of thiocarbonyl (C=S) groups is 1. The van der Waals surface area contributed by atoms with Crippen LogP contribution in [-0.4, -0.2) is 21.5 Å². The highest BCUT2D eigenvalue weighted by Gasteiger charge is 2.40. The van der Waals surface area contributed by atoms with Crippen molar-refractivity contribution in [1.29, 1.82) is 0 Å². The van der Waals surface area contributed by atoms with E-state index in [0.29, 0.717) is 20.9 Å². The highest BCUT2D eigenvalue weighted by atomic mass is 79.9. The normalized spacial score (nSPS) is 19.4. The molecule has 1 N–H and O–H groups in total. The Labute approximate surface area is 170 Å². The van der Waals surface area contributed by atoms with Gasteiger partial charge in [-0.3, -0.25) is 4.98 Å². The maximum Gasteiger partial charge on any atom is 0.170 e. The molecule has 0 bridgehead atoms. The van der Waals surface area contributed by atoms with Crippen LogP contribution in [0.25, 0.3) is 11.3 Å². The third-order valence-corrected chi connectivity index (χ3v) is 5.50. The molecule has 1 aliphatic rings. The van der Waals surface area contributed by atoms with Crippen LogP contribution in [-0.2, 0) is 0 Å². The molecule has 3 aromatic rings. The fourth-order valence-corrected chi connectivity index (χ4v) is 4.10. The van der Waals surface area contributed by atoms with Crippen LogP contribution in [0, 0.1) is 5.82 Å². The molecule has 0 radical (unpaired) electrons. The molecule has 4 rings (SSSR count). The van der Waals surface area contributed by atoms with Crippen molar-refractivity contribution in [2.75, 3.05) is 6.54 Å². The van der Waals surface area contributed by atoms with Gasteiger partial charge in [0.05, 0.1) is 17.3 Å². The second kappa shape index (κ2) is 7.40. The Hall–Kier alpha value is -2.25.